The first-order valence-electron chi connectivity index (χ1n) is 6.65. The first kappa shape index (κ1) is 14.2. The molecule has 2 heterocycles. The molecule has 1 aromatic heterocycles. The largest absolute Gasteiger partial charge is 0.344 e. The van der Waals surface area contributed by atoms with Crippen molar-refractivity contribution in [3.63, 3.8) is 0 Å². The fourth-order valence-corrected chi connectivity index (χ4v) is 2.94. The summed E-state index contributed by atoms with van der Waals surface area (Å²) in [7, 11) is 0. The van der Waals surface area contributed by atoms with Gasteiger partial charge in [-0.1, -0.05) is 11.6 Å². The van der Waals surface area contributed by atoms with Crippen LogP contribution in [0, 0.1) is 6.92 Å². The van der Waals surface area contributed by atoms with Crippen LogP contribution in [0.1, 0.15) is 16.8 Å². The van der Waals surface area contributed by atoms with Crippen LogP contribution in [0.4, 0.5) is 5.69 Å². The van der Waals surface area contributed by atoms with E-state index in [1.54, 1.807) is 0 Å². The Balaban J connectivity index is 1.75. The van der Waals surface area contributed by atoms with Gasteiger partial charge in [-0.2, -0.15) is 0 Å². The SMILES string of the molecule is Cc1cc(Cl)ccc1NC(=S)N1CCc2[nH][nH]c(=O)c2C1. The Hall–Kier alpha value is -1.79. The Labute approximate surface area is 132 Å². The van der Waals surface area contributed by atoms with Crippen molar-refractivity contribution in [2.75, 3.05) is 11.9 Å². The molecule has 2 aromatic rings. The molecule has 0 fully saturated rings. The molecule has 7 heteroatoms. The van der Waals surface area contributed by atoms with Gasteiger partial charge >= 0.3 is 0 Å². The molecular formula is C14H15ClN4OS. The molecule has 1 aliphatic heterocycles. The quantitative estimate of drug-likeness (QED) is 0.706. The van der Waals surface area contributed by atoms with Gasteiger partial charge < -0.3 is 15.3 Å². The second-order valence-electron chi connectivity index (χ2n) is 5.10. The van der Waals surface area contributed by atoms with E-state index in [-0.39, 0.29) is 5.56 Å². The minimum Gasteiger partial charge on any atom is -0.344 e. The number of aromatic nitrogens is 2. The average molecular weight is 323 g/mol. The van der Waals surface area contributed by atoms with Gasteiger partial charge in [0.25, 0.3) is 5.56 Å². The molecule has 0 aliphatic carbocycles. The number of benzene rings is 1. The standard InChI is InChI=1S/C14H15ClN4OS/c1-8-6-9(15)2-3-11(8)16-14(21)19-5-4-12-10(7-19)13(20)18-17-12/h2-3,6H,4-5,7H2,1H3,(H,16,21)(H2,17,18,20). The highest BCUT2D eigenvalue weighted by Crippen LogP contribution is 2.21. The molecular weight excluding hydrogens is 308 g/mol. The van der Waals surface area contributed by atoms with Gasteiger partial charge in [0, 0.05) is 29.4 Å². The monoisotopic (exact) mass is 322 g/mol. The summed E-state index contributed by atoms with van der Waals surface area (Å²) < 4.78 is 0. The summed E-state index contributed by atoms with van der Waals surface area (Å²) in [4.78, 5) is 13.7. The summed E-state index contributed by atoms with van der Waals surface area (Å²) in [5.41, 5.74) is 3.63. The lowest BCUT2D eigenvalue weighted by molar-refractivity contribution is 0.396. The molecule has 0 atom stereocenters. The van der Waals surface area contributed by atoms with Crippen LogP contribution in [0.5, 0.6) is 0 Å². The number of H-pyrrole nitrogens is 2. The van der Waals surface area contributed by atoms with Crippen LogP contribution in [0.25, 0.3) is 0 Å². The van der Waals surface area contributed by atoms with Crippen molar-refractivity contribution in [1.29, 1.82) is 0 Å². The highest BCUT2D eigenvalue weighted by atomic mass is 35.5. The van der Waals surface area contributed by atoms with Crippen molar-refractivity contribution in [1.82, 2.24) is 15.1 Å². The molecule has 21 heavy (non-hydrogen) atoms. The molecule has 3 N–H and O–H groups in total. The normalized spacial score (nSPS) is 13.9. The number of hydrogen-bond donors (Lipinski definition) is 3. The topological polar surface area (TPSA) is 63.9 Å². The smallest absolute Gasteiger partial charge is 0.269 e. The Morgan fingerprint density at radius 2 is 2.24 bits per heavy atom. The molecule has 5 nitrogen and oxygen atoms in total. The van der Waals surface area contributed by atoms with E-state index in [2.05, 4.69) is 15.5 Å². The first-order chi connectivity index (χ1) is 10.0. The van der Waals surface area contributed by atoms with Crippen molar-refractivity contribution in [2.45, 2.75) is 19.9 Å². The number of nitrogens with zero attached hydrogens (tertiary/aromatic N) is 1. The predicted molar refractivity (Wildman–Crippen MR) is 87.9 cm³/mol. The number of hydrogen-bond acceptors (Lipinski definition) is 2. The van der Waals surface area contributed by atoms with Crippen LogP contribution in [0.2, 0.25) is 5.02 Å². The summed E-state index contributed by atoms with van der Waals surface area (Å²) in [6.07, 6.45) is 0.773. The minimum absolute atomic E-state index is 0.0693. The van der Waals surface area contributed by atoms with E-state index in [0.717, 1.165) is 35.5 Å². The van der Waals surface area contributed by atoms with E-state index in [1.807, 2.05) is 30.0 Å². The molecule has 1 aliphatic rings. The van der Waals surface area contributed by atoms with Crippen molar-refractivity contribution in [2.24, 2.45) is 0 Å². The number of aromatic amines is 2. The summed E-state index contributed by atoms with van der Waals surface area (Å²) in [6, 6.07) is 5.62. The number of fused-ring (bicyclic) bond motifs is 1. The fraction of sp³-hybridized carbons (Fsp3) is 0.286. The highest BCUT2D eigenvalue weighted by molar-refractivity contribution is 7.80. The number of rotatable bonds is 1. The number of halogens is 1. The molecule has 0 saturated carbocycles. The van der Waals surface area contributed by atoms with E-state index in [1.165, 1.54) is 0 Å². The third kappa shape index (κ3) is 2.82. The third-order valence-electron chi connectivity index (χ3n) is 3.66. The van der Waals surface area contributed by atoms with E-state index in [4.69, 9.17) is 23.8 Å². The van der Waals surface area contributed by atoms with Gasteiger partial charge in [0.05, 0.1) is 12.1 Å². The highest BCUT2D eigenvalue weighted by Gasteiger charge is 2.22. The average Bonchev–Trinajstić information content (AvgIpc) is 2.83. The molecule has 1 aromatic carbocycles. The lowest BCUT2D eigenvalue weighted by atomic mass is 10.1. The van der Waals surface area contributed by atoms with Gasteiger partial charge in [-0.05, 0) is 42.9 Å². The van der Waals surface area contributed by atoms with Gasteiger partial charge in [0.15, 0.2) is 5.11 Å². The molecule has 0 spiro atoms. The van der Waals surface area contributed by atoms with Crippen molar-refractivity contribution >= 4 is 34.6 Å². The summed E-state index contributed by atoms with van der Waals surface area (Å²) in [5.74, 6) is 0. The molecule has 0 bridgehead atoms. The zero-order valence-electron chi connectivity index (χ0n) is 11.5. The Kier molecular flexibility index (Phi) is 3.73. The van der Waals surface area contributed by atoms with E-state index >= 15 is 0 Å². The number of thiocarbonyl (C=S) groups is 1. The molecule has 0 saturated heterocycles. The lowest BCUT2D eigenvalue weighted by Crippen LogP contribution is -2.39. The summed E-state index contributed by atoms with van der Waals surface area (Å²) in [6.45, 7) is 3.27. The van der Waals surface area contributed by atoms with Crippen molar-refractivity contribution < 1.29 is 0 Å². The number of nitrogens with one attached hydrogen (secondary N) is 3. The molecule has 0 unspecified atom stereocenters. The minimum atomic E-state index is -0.0693. The maximum absolute atomic E-state index is 11.7. The molecule has 0 amide bonds. The molecule has 0 radical (unpaired) electrons. The first-order valence-corrected chi connectivity index (χ1v) is 7.43. The summed E-state index contributed by atoms with van der Waals surface area (Å²) in [5, 5.41) is 10.1. The van der Waals surface area contributed by atoms with Crippen LogP contribution in [0.15, 0.2) is 23.0 Å². The van der Waals surface area contributed by atoms with Gasteiger partial charge in [-0.3, -0.25) is 9.89 Å². The van der Waals surface area contributed by atoms with Gasteiger partial charge in [0.1, 0.15) is 0 Å². The summed E-state index contributed by atoms with van der Waals surface area (Å²) >= 11 is 11.4. The zero-order valence-corrected chi connectivity index (χ0v) is 13.1. The Morgan fingerprint density at radius 1 is 1.43 bits per heavy atom. The second kappa shape index (κ2) is 5.54. The maximum atomic E-state index is 11.7. The second-order valence-corrected chi connectivity index (χ2v) is 5.92. The number of aryl methyl sites for hydroxylation is 1. The van der Waals surface area contributed by atoms with Crippen LogP contribution in [-0.2, 0) is 13.0 Å². The van der Waals surface area contributed by atoms with Crippen LogP contribution in [0.3, 0.4) is 0 Å². The van der Waals surface area contributed by atoms with Gasteiger partial charge in [-0.25, -0.2) is 0 Å². The van der Waals surface area contributed by atoms with Gasteiger partial charge in [0.2, 0.25) is 0 Å². The zero-order chi connectivity index (χ0) is 15.0. The van der Waals surface area contributed by atoms with Crippen LogP contribution in [-0.4, -0.2) is 26.8 Å². The fourth-order valence-electron chi connectivity index (χ4n) is 2.45. The molecule has 110 valence electrons. The third-order valence-corrected chi connectivity index (χ3v) is 4.26. The Bertz CT molecular complexity index is 752. The van der Waals surface area contributed by atoms with Crippen LogP contribution >= 0.6 is 23.8 Å². The Morgan fingerprint density at radius 3 is 3.00 bits per heavy atom. The van der Waals surface area contributed by atoms with E-state index < -0.39 is 0 Å². The number of anilines is 1. The van der Waals surface area contributed by atoms with E-state index in [0.29, 0.717) is 16.7 Å². The lowest BCUT2D eigenvalue weighted by Gasteiger charge is -2.29. The molecule has 3 rings (SSSR count). The van der Waals surface area contributed by atoms with Crippen LogP contribution < -0.4 is 10.9 Å². The van der Waals surface area contributed by atoms with Crippen molar-refractivity contribution in [3.8, 4) is 0 Å². The van der Waals surface area contributed by atoms with Crippen molar-refractivity contribution in [3.05, 3.63) is 50.4 Å². The van der Waals surface area contributed by atoms with E-state index in [9.17, 15) is 4.79 Å². The maximum Gasteiger partial charge on any atom is 0.269 e. The predicted octanol–water partition coefficient (Wildman–Crippen LogP) is 2.42. The van der Waals surface area contributed by atoms with Gasteiger partial charge in [-0.15, -0.1) is 0 Å².